The average Bonchev–Trinajstić information content (AvgIpc) is 2.51. The van der Waals surface area contributed by atoms with Crippen molar-refractivity contribution >= 4 is 0 Å². The summed E-state index contributed by atoms with van der Waals surface area (Å²) in [6, 6.07) is 0. The largest absolute Gasteiger partial charge is 0.396 e. The predicted octanol–water partition coefficient (Wildman–Crippen LogP) is -1.62. The average molecular weight is 306 g/mol. The normalized spacial score (nSPS) is 13.1. The highest BCUT2D eigenvalue weighted by Crippen LogP contribution is 2.22. The van der Waals surface area contributed by atoms with Crippen molar-refractivity contribution in [1.82, 2.24) is 0 Å². The van der Waals surface area contributed by atoms with Crippen molar-refractivity contribution in [2.75, 3.05) is 59.5 Å². The Morgan fingerprint density at radius 1 is 0.857 bits per heavy atom. The van der Waals surface area contributed by atoms with Crippen LogP contribution in [0.5, 0.6) is 0 Å². The first-order valence-electron chi connectivity index (χ1n) is 6.84. The minimum atomic E-state index is -1.30. The lowest BCUT2D eigenvalue weighted by atomic mass is 9.83. The van der Waals surface area contributed by atoms with Crippen molar-refractivity contribution in [2.24, 2.45) is 5.41 Å². The van der Waals surface area contributed by atoms with Gasteiger partial charge in [-0.2, -0.15) is 0 Å². The van der Waals surface area contributed by atoms with E-state index in [4.69, 9.17) is 36.0 Å². The molecule has 0 fully saturated rings. The van der Waals surface area contributed by atoms with E-state index in [0.29, 0.717) is 26.4 Å². The number of hydrogen-bond donors (Lipinski definition) is 4. The van der Waals surface area contributed by atoms with Gasteiger partial charge in [-0.1, -0.05) is 5.92 Å². The molecule has 1 atom stereocenters. The molecule has 0 aromatic rings. The number of aliphatic hydroxyl groups is 4. The maximum absolute atomic E-state index is 9.86. The van der Waals surface area contributed by atoms with Gasteiger partial charge < -0.3 is 34.6 Å². The zero-order valence-electron chi connectivity index (χ0n) is 12.2. The van der Waals surface area contributed by atoms with Gasteiger partial charge in [-0.25, -0.2) is 0 Å². The van der Waals surface area contributed by atoms with Gasteiger partial charge in [-0.3, -0.25) is 0 Å². The summed E-state index contributed by atoms with van der Waals surface area (Å²) >= 11 is 0. The number of terminal acetylenes is 1. The van der Waals surface area contributed by atoms with Gasteiger partial charge in [-0.15, -0.1) is 6.42 Å². The summed E-state index contributed by atoms with van der Waals surface area (Å²) in [5, 5.41) is 37.3. The minimum absolute atomic E-state index is 0.201. The Balaban J connectivity index is 3.56. The molecule has 0 amide bonds. The lowest BCUT2D eigenvalue weighted by Crippen LogP contribution is -2.45. The van der Waals surface area contributed by atoms with E-state index >= 15 is 0 Å². The lowest BCUT2D eigenvalue weighted by molar-refractivity contribution is -0.0936. The first-order valence-corrected chi connectivity index (χ1v) is 6.84. The lowest BCUT2D eigenvalue weighted by Gasteiger charge is -2.32. The van der Waals surface area contributed by atoms with Gasteiger partial charge in [0.15, 0.2) is 0 Å². The van der Waals surface area contributed by atoms with Crippen molar-refractivity contribution < 1.29 is 34.6 Å². The van der Waals surface area contributed by atoms with Gasteiger partial charge in [-0.05, 0) is 6.42 Å². The third-order valence-electron chi connectivity index (χ3n) is 3.12. The van der Waals surface area contributed by atoms with Crippen LogP contribution in [-0.2, 0) is 14.2 Å². The van der Waals surface area contributed by atoms with Crippen LogP contribution < -0.4 is 0 Å². The van der Waals surface area contributed by atoms with Gasteiger partial charge in [0.1, 0.15) is 6.61 Å². The topological polar surface area (TPSA) is 109 Å². The summed E-state index contributed by atoms with van der Waals surface area (Å²) in [5.74, 6) is 2.34. The van der Waals surface area contributed by atoms with Crippen LogP contribution in [0.1, 0.15) is 6.42 Å². The van der Waals surface area contributed by atoms with E-state index in [1.165, 1.54) is 0 Å². The maximum Gasteiger partial charge on any atom is 0.107 e. The van der Waals surface area contributed by atoms with Crippen LogP contribution in [0.25, 0.3) is 0 Å². The van der Waals surface area contributed by atoms with E-state index in [1.54, 1.807) is 0 Å². The van der Waals surface area contributed by atoms with Crippen molar-refractivity contribution in [2.45, 2.75) is 12.5 Å². The van der Waals surface area contributed by atoms with Gasteiger partial charge in [0.25, 0.3) is 0 Å². The molecule has 21 heavy (non-hydrogen) atoms. The van der Waals surface area contributed by atoms with E-state index in [-0.39, 0.29) is 19.6 Å². The number of ether oxygens (including phenoxy) is 3. The fourth-order valence-corrected chi connectivity index (χ4v) is 1.54. The highest BCUT2D eigenvalue weighted by molar-refractivity contribution is 4.85. The zero-order valence-corrected chi connectivity index (χ0v) is 12.2. The van der Waals surface area contributed by atoms with Crippen LogP contribution in [0.3, 0.4) is 0 Å². The molecule has 4 N–H and O–H groups in total. The fourth-order valence-electron chi connectivity index (χ4n) is 1.54. The molecular formula is C14H26O7. The Hall–Kier alpha value is -0.720. The van der Waals surface area contributed by atoms with Gasteiger partial charge in [0.05, 0.1) is 57.8 Å². The quantitative estimate of drug-likeness (QED) is 0.226. The van der Waals surface area contributed by atoms with Crippen molar-refractivity contribution in [3.05, 3.63) is 0 Å². The standard InChI is InChI=1S/C14H26O7/c1-2-4-19-6-8-21-9-7-20-5-3-13(18)14(10-15,11-16)12-17/h1,13,15-18H,3-12H2. The van der Waals surface area contributed by atoms with Crippen LogP contribution in [0, 0.1) is 17.8 Å². The van der Waals surface area contributed by atoms with E-state index in [0.717, 1.165) is 0 Å². The van der Waals surface area contributed by atoms with E-state index in [9.17, 15) is 5.11 Å². The molecule has 0 radical (unpaired) electrons. The molecule has 7 nitrogen and oxygen atoms in total. The van der Waals surface area contributed by atoms with E-state index in [2.05, 4.69) is 5.92 Å². The van der Waals surface area contributed by atoms with Crippen molar-refractivity contribution in [3.8, 4) is 12.3 Å². The second kappa shape index (κ2) is 13.0. The van der Waals surface area contributed by atoms with E-state index in [1.807, 2.05) is 0 Å². The summed E-state index contributed by atoms with van der Waals surface area (Å²) < 4.78 is 15.5. The van der Waals surface area contributed by atoms with Gasteiger partial charge in [0, 0.05) is 6.61 Å². The minimum Gasteiger partial charge on any atom is -0.396 e. The molecular weight excluding hydrogens is 280 g/mol. The molecule has 0 aliphatic carbocycles. The Bertz CT molecular complexity index is 265. The van der Waals surface area contributed by atoms with Gasteiger partial charge >= 0.3 is 0 Å². The zero-order chi connectivity index (χ0) is 16.0. The summed E-state index contributed by atoms with van der Waals surface area (Å²) in [5.41, 5.74) is -1.30. The molecule has 0 bridgehead atoms. The Morgan fingerprint density at radius 2 is 1.33 bits per heavy atom. The molecule has 0 aliphatic rings. The molecule has 0 aliphatic heterocycles. The smallest absolute Gasteiger partial charge is 0.107 e. The first kappa shape index (κ1) is 20.3. The predicted molar refractivity (Wildman–Crippen MR) is 75.6 cm³/mol. The first-order chi connectivity index (χ1) is 10.2. The molecule has 0 saturated carbocycles. The number of rotatable bonds is 14. The third kappa shape index (κ3) is 8.34. The highest BCUT2D eigenvalue weighted by atomic mass is 16.5. The van der Waals surface area contributed by atoms with Crippen LogP contribution in [0.2, 0.25) is 0 Å². The Kier molecular flexibility index (Phi) is 12.5. The van der Waals surface area contributed by atoms with Crippen LogP contribution in [0.4, 0.5) is 0 Å². The summed E-state index contributed by atoms with van der Waals surface area (Å²) in [4.78, 5) is 0. The Morgan fingerprint density at radius 3 is 1.81 bits per heavy atom. The highest BCUT2D eigenvalue weighted by Gasteiger charge is 2.36. The summed E-state index contributed by atoms with van der Waals surface area (Å²) in [7, 11) is 0. The summed E-state index contributed by atoms with van der Waals surface area (Å²) in [6.45, 7) is 0.601. The van der Waals surface area contributed by atoms with Crippen molar-refractivity contribution in [1.29, 1.82) is 0 Å². The maximum atomic E-state index is 9.86. The monoisotopic (exact) mass is 306 g/mol. The SMILES string of the molecule is C#CCOCCOCCOCCC(O)C(CO)(CO)CO. The van der Waals surface area contributed by atoms with Gasteiger partial charge in [0.2, 0.25) is 0 Å². The Labute approximate surface area is 125 Å². The molecule has 1 unspecified atom stereocenters. The molecule has 0 rings (SSSR count). The fraction of sp³-hybridized carbons (Fsp3) is 0.857. The van der Waals surface area contributed by atoms with Crippen LogP contribution in [-0.4, -0.2) is 86.0 Å². The molecule has 0 aromatic carbocycles. The van der Waals surface area contributed by atoms with Crippen LogP contribution >= 0.6 is 0 Å². The van der Waals surface area contributed by atoms with E-state index < -0.39 is 31.3 Å². The summed E-state index contributed by atoms with van der Waals surface area (Å²) in [6.07, 6.45) is 4.16. The third-order valence-corrected chi connectivity index (χ3v) is 3.12. The molecule has 124 valence electrons. The number of hydrogen-bond acceptors (Lipinski definition) is 7. The number of aliphatic hydroxyl groups excluding tert-OH is 4. The van der Waals surface area contributed by atoms with Crippen LogP contribution in [0.15, 0.2) is 0 Å². The molecule has 0 saturated heterocycles. The molecule has 0 aromatic heterocycles. The molecule has 7 heteroatoms. The van der Waals surface area contributed by atoms with Crippen molar-refractivity contribution in [3.63, 3.8) is 0 Å². The molecule has 0 spiro atoms. The second-order valence-electron chi connectivity index (χ2n) is 4.62. The molecule has 0 heterocycles. The second-order valence-corrected chi connectivity index (χ2v) is 4.62.